The van der Waals surface area contributed by atoms with Gasteiger partial charge in [-0.15, -0.1) is 0 Å². The summed E-state index contributed by atoms with van der Waals surface area (Å²) < 4.78 is 199. The highest BCUT2D eigenvalue weighted by molar-refractivity contribution is 7.86. The molecule has 0 amide bonds. The fraction of sp³-hybridized carbons (Fsp3) is 0.393. The van der Waals surface area contributed by atoms with Crippen LogP contribution in [0.25, 0.3) is 27.1 Å². The Kier molecular flexibility index (Phi) is 20.1. The van der Waals surface area contributed by atoms with Crippen molar-refractivity contribution in [2.24, 2.45) is 0 Å². The minimum Gasteiger partial charge on any atom is -0.493 e. The lowest BCUT2D eigenvalue weighted by atomic mass is 9.74. The summed E-state index contributed by atoms with van der Waals surface area (Å²) in [5.74, 6) is -4.05. The number of carbonyl (C=O) groups is 1. The van der Waals surface area contributed by atoms with Gasteiger partial charge in [-0.3, -0.25) is 22.8 Å². The lowest BCUT2D eigenvalue weighted by Crippen LogP contribution is -2.33. The topological polar surface area (TPSA) is 352 Å². The van der Waals surface area contributed by atoms with Crippen LogP contribution in [-0.4, -0.2) is 157 Å². The molecule has 0 saturated heterocycles. The number of carboxylic acid groups (broad SMARTS) is 1. The maximum atomic E-state index is 12.9. The highest BCUT2D eigenvalue weighted by Crippen LogP contribution is 2.54. The van der Waals surface area contributed by atoms with Crippen LogP contribution in [0.2, 0.25) is 0 Å². The van der Waals surface area contributed by atoms with Crippen LogP contribution in [0.5, 0.6) is 11.5 Å². The molecule has 2 heterocycles. The molecule has 0 fully saturated rings. The van der Waals surface area contributed by atoms with Crippen LogP contribution in [0.4, 0.5) is 11.4 Å². The summed E-state index contributed by atoms with van der Waals surface area (Å²) in [5.41, 5.74) is 1.12. The summed E-state index contributed by atoms with van der Waals surface area (Å²) in [6, 6.07) is 17.8. The van der Waals surface area contributed by atoms with Crippen LogP contribution in [0, 0.1) is 0 Å². The summed E-state index contributed by atoms with van der Waals surface area (Å²) >= 11 is 0. The molecule has 2 atom stereocenters. The number of carboxylic acids is 1. The molecule has 6 N–H and O–H groups in total. The molecular weight excluding hydrogens is 1200 g/mol. The molecule has 2 aliphatic rings. The van der Waals surface area contributed by atoms with Crippen LogP contribution in [-0.2, 0) is 70.9 Å². The Balaban J connectivity index is 1.61. The molecule has 5 aromatic carbocycles. The van der Waals surface area contributed by atoms with Gasteiger partial charge in [0.15, 0.2) is 5.71 Å². The Bertz CT molecular complexity index is 4040. The Labute approximate surface area is 488 Å². The zero-order valence-corrected chi connectivity index (χ0v) is 50.7. The molecule has 5 aromatic rings. The molecule has 2 aliphatic heterocycles. The van der Waals surface area contributed by atoms with Crippen molar-refractivity contribution in [2.45, 2.75) is 79.9 Å². The minimum atomic E-state index is -4.79. The number of hydrogen-bond acceptors (Lipinski definition) is 16. The van der Waals surface area contributed by atoms with E-state index in [1.807, 2.05) is 37.8 Å². The van der Waals surface area contributed by atoms with Crippen molar-refractivity contribution in [3.05, 3.63) is 125 Å². The Morgan fingerprint density at radius 3 is 1.79 bits per heavy atom. The van der Waals surface area contributed by atoms with Crippen molar-refractivity contribution in [3.63, 3.8) is 0 Å². The first-order chi connectivity index (χ1) is 39.3. The van der Waals surface area contributed by atoms with Gasteiger partial charge in [0.1, 0.15) is 22.9 Å². The number of allylic oxidation sites excluding steroid dienone is 6. The molecule has 0 aromatic heterocycles. The van der Waals surface area contributed by atoms with Crippen molar-refractivity contribution in [2.75, 3.05) is 75.9 Å². The lowest BCUT2D eigenvalue weighted by Gasteiger charge is -2.30. The van der Waals surface area contributed by atoms with Crippen molar-refractivity contribution >= 4 is 101 Å². The molecule has 0 aliphatic carbocycles. The van der Waals surface area contributed by atoms with E-state index < -0.39 is 103 Å². The number of nitrogens with zero attached hydrogens (tertiary/aromatic N) is 2. The lowest BCUT2D eigenvalue weighted by molar-refractivity contribution is -0.437. The second-order valence-electron chi connectivity index (χ2n) is 20.7. The number of methoxy groups -OCH3 is 2. The first-order valence-corrected chi connectivity index (χ1v) is 34.1. The molecule has 28 heteroatoms. The van der Waals surface area contributed by atoms with Gasteiger partial charge >= 0.3 is 5.97 Å². The summed E-state index contributed by atoms with van der Waals surface area (Å²) in [5, 5.41) is 12.2. The van der Waals surface area contributed by atoms with Gasteiger partial charge in [-0.2, -0.15) is 46.7 Å². The van der Waals surface area contributed by atoms with E-state index in [0.29, 0.717) is 69.5 Å². The van der Waals surface area contributed by atoms with Crippen LogP contribution in [0.15, 0.2) is 113 Å². The van der Waals surface area contributed by atoms with Crippen molar-refractivity contribution in [1.29, 1.82) is 0 Å². The second kappa shape index (κ2) is 25.8. The highest BCUT2D eigenvalue weighted by Gasteiger charge is 2.49. The van der Waals surface area contributed by atoms with E-state index in [0.717, 1.165) is 12.1 Å². The standard InChI is InChI=1S/C56H66N2O21S5/c1-6-25-57-44-19-14-37-13-17-40(83(70,71)72)36-43(37)53(44)56(3,24-30-77-5)49(57)21-15-38(51-46(78-27-9-32-81(64,65)66)34-39(54(59)60)35-47(51)79-28-10-33-82(67,68)69)16-22-50-55(2,23-29-76-4)52-42-11-7-12-48(84(73,74)75)41(42)18-20-45(52)58(50)26-8-31-80(61,62)63/h7,11-22,34-36H,6,8-10,23-33H2,1-5H3,(H5-,59,60,61,62,63,64,65,66,67,68,69,70,71,72,73,74,75)/p+1. The van der Waals surface area contributed by atoms with E-state index in [1.54, 1.807) is 47.1 Å². The SMILES string of the molecule is CCCN1/C(=C/C=C(/C=C/C2=[N+](CCCS(=O)(=O)O)c3ccc4c(S(=O)(=O)O)cccc4c3C2(C)CCOC)c2c(OCCCS(=O)(=O)O)cc(C(=O)O)cc2OCCCS(=O)(=O)O)C(C)(CCOC)c2c1ccc1ccc(S(=O)(=O)O)cc21. The van der Waals surface area contributed by atoms with Gasteiger partial charge < -0.3 is 29.0 Å². The van der Waals surface area contributed by atoms with Crippen LogP contribution >= 0.6 is 0 Å². The Morgan fingerprint density at radius 2 is 1.24 bits per heavy atom. The van der Waals surface area contributed by atoms with Crippen molar-refractivity contribution in [1.82, 2.24) is 0 Å². The van der Waals surface area contributed by atoms with Gasteiger partial charge in [-0.1, -0.05) is 37.3 Å². The van der Waals surface area contributed by atoms with Gasteiger partial charge in [0.25, 0.3) is 50.6 Å². The number of aromatic carboxylic acids is 1. The van der Waals surface area contributed by atoms with E-state index in [4.69, 9.17) is 18.9 Å². The third kappa shape index (κ3) is 14.9. The summed E-state index contributed by atoms with van der Waals surface area (Å²) in [7, 11) is -20.0. The molecule has 2 unspecified atom stereocenters. The number of anilines is 1. The number of ether oxygens (including phenoxy) is 4. The number of hydrogen-bond donors (Lipinski definition) is 6. The first-order valence-electron chi connectivity index (χ1n) is 26.4. The normalized spacial score (nSPS) is 18.4. The monoisotopic (exact) mass is 1260 g/mol. The fourth-order valence-corrected chi connectivity index (χ4v) is 13.8. The van der Waals surface area contributed by atoms with Gasteiger partial charge in [-0.05, 0) is 128 Å². The first kappa shape index (κ1) is 65.4. The molecule has 0 saturated carbocycles. The highest BCUT2D eigenvalue weighted by atomic mass is 32.2. The minimum absolute atomic E-state index is 0.0158. The summed E-state index contributed by atoms with van der Waals surface area (Å²) in [4.78, 5) is 14.2. The van der Waals surface area contributed by atoms with E-state index in [2.05, 4.69) is 0 Å². The maximum absolute atomic E-state index is 12.9. The van der Waals surface area contributed by atoms with E-state index in [1.165, 1.54) is 44.6 Å². The molecule has 84 heavy (non-hydrogen) atoms. The zero-order chi connectivity index (χ0) is 61.8. The fourth-order valence-electron chi connectivity index (χ4n) is 11.1. The van der Waals surface area contributed by atoms with Crippen LogP contribution in [0.1, 0.15) is 86.3 Å². The van der Waals surface area contributed by atoms with E-state index >= 15 is 0 Å². The predicted octanol–water partition coefficient (Wildman–Crippen LogP) is 7.92. The average molecular weight is 1260 g/mol. The quantitative estimate of drug-likeness (QED) is 0.0115. The molecule has 23 nitrogen and oxygen atoms in total. The van der Waals surface area contributed by atoms with Crippen LogP contribution in [0.3, 0.4) is 0 Å². The third-order valence-electron chi connectivity index (χ3n) is 14.8. The number of fused-ring (bicyclic) bond motifs is 6. The van der Waals surface area contributed by atoms with Gasteiger partial charge in [0.2, 0.25) is 5.69 Å². The summed E-state index contributed by atoms with van der Waals surface area (Å²) in [6.45, 7) is 5.53. The smallest absolute Gasteiger partial charge is 0.335 e. The van der Waals surface area contributed by atoms with Crippen LogP contribution < -0.4 is 14.4 Å². The van der Waals surface area contributed by atoms with E-state index in [-0.39, 0.29) is 83.3 Å². The summed E-state index contributed by atoms with van der Waals surface area (Å²) in [6.07, 6.45) is 7.09. The number of rotatable bonds is 29. The second-order valence-corrected chi connectivity index (χ2v) is 28.2. The molecular formula is C56H67N2O21S5+. The largest absolute Gasteiger partial charge is 0.493 e. The Hall–Kier alpha value is -6.15. The predicted molar refractivity (Wildman–Crippen MR) is 315 cm³/mol. The molecule has 0 spiro atoms. The van der Waals surface area contributed by atoms with Gasteiger partial charge in [0.05, 0.1) is 51.9 Å². The maximum Gasteiger partial charge on any atom is 0.335 e. The zero-order valence-electron chi connectivity index (χ0n) is 46.6. The third-order valence-corrected chi connectivity index (χ3v) is 19.0. The number of benzene rings is 5. The molecule has 456 valence electrons. The van der Waals surface area contributed by atoms with E-state index in [9.17, 15) is 74.8 Å². The molecule has 0 bridgehead atoms. The van der Waals surface area contributed by atoms with Crippen molar-refractivity contribution < 1.29 is 98.3 Å². The molecule has 7 rings (SSSR count). The van der Waals surface area contributed by atoms with Crippen molar-refractivity contribution in [3.8, 4) is 11.5 Å². The average Bonchev–Trinajstić information content (AvgIpc) is 1.66. The van der Waals surface area contributed by atoms with Gasteiger partial charge in [0, 0.05) is 80.3 Å². The van der Waals surface area contributed by atoms with Gasteiger partial charge in [-0.25, -0.2) is 4.79 Å². The Morgan fingerprint density at radius 1 is 0.655 bits per heavy atom. The molecule has 0 radical (unpaired) electrons.